The molecule has 1 N–H and O–H groups in total. The lowest BCUT2D eigenvalue weighted by molar-refractivity contribution is 0.418. The van der Waals surface area contributed by atoms with Crippen molar-refractivity contribution in [1.82, 2.24) is 4.98 Å². The van der Waals surface area contributed by atoms with Crippen LogP contribution in [0.15, 0.2) is 24.3 Å². The number of hydrogen-bond acceptors (Lipinski definition) is 3. The molecule has 13 heavy (non-hydrogen) atoms. The van der Waals surface area contributed by atoms with E-state index in [2.05, 4.69) is 11.2 Å². The Morgan fingerprint density at radius 1 is 1.46 bits per heavy atom. The average molecular weight is 174 g/mol. The molecule has 0 unspecified atom stereocenters. The molecule has 0 amide bonds. The van der Waals surface area contributed by atoms with Crippen molar-refractivity contribution in [3.8, 4) is 11.5 Å². The van der Waals surface area contributed by atoms with Crippen LogP contribution >= 0.6 is 0 Å². The predicted molar refractivity (Wildman–Crippen MR) is 48.8 cm³/mol. The highest BCUT2D eigenvalue weighted by Crippen LogP contribution is 2.24. The molecule has 2 aromatic rings. The minimum absolute atomic E-state index is 0.0424. The maximum Gasteiger partial charge on any atom is 0.145 e. The second kappa shape index (κ2) is 2.94. The van der Waals surface area contributed by atoms with Crippen molar-refractivity contribution in [2.75, 3.05) is 7.11 Å². The number of pyridine rings is 1. The first-order valence-electron chi connectivity index (χ1n) is 3.85. The third-order valence-corrected chi connectivity index (χ3v) is 1.82. The van der Waals surface area contributed by atoms with Crippen LogP contribution in [-0.2, 0) is 0 Å². The van der Waals surface area contributed by atoms with Crippen LogP contribution in [0.4, 0.5) is 0 Å². The molecule has 0 saturated heterocycles. The van der Waals surface area contributed by atoms with Gasteiger partial charge in [-0.3, -0.25) is 0 Å². The van der Waals surface area contributed by atoms with E-state index in [0.717, 1.165) is 5.39 Å². The largest absolute Gasteiger partial charge is 0.506 e. The van der Waals surface area contributed by atoms with E-state index < -0.39 is 0 Å². The SMILES string of the molecule is COc1cccc2cc(O)[c]nc12. The molecule has 0 bridgehead atoms. The van der Waals surface area contributed by atoms with Crippen LogP contribution in [0.3, 0.4) is 0 Å². The summed E-state index contributed by atoms with van der Waals surface area (Å²) in [6, 6.07) is 7.13. The van der Waals surface area contributed by atoms with Crippen molar-refractivity contribution in [3.63, 3.8) is 0 Å². The molecule has 0 spiro atoms. The van der Waals surface area contributed by atoms with Gasteiger partial charge in [0.2, 0.25) is 0 Å². The fourth-order valence-corrected chi connectivity index (χ4v) is 1.23. The number of aromatic nitrogens is 1. The average Bonchev–Trinajstić information content (AvgIpc) is 2.16. The Morgan fingerprint density at radius 3 is 3.08 bits per heavy atom. The molecule has 1 radical (unpaired) electrons. The first-order chi connectivity index (χ1) is 6.31. The summed E-state index contributed by atoms with van der Waals surface area (Å²) >= 11 is 0. The van der Waals surface area contributed by atoms with Crippen LogP contribution in [0.25, 0.3) is 10.9 Å². The van der Waals surface area contributed by atoms with Crippen molar-refractivity contribution in [2.45, 2.75) is 0 Å². The van der Waals surface area contributed by atoms with Crippen molar-refractivity contribution in [3.05, 3.63) is 30.5 Å². The molecule has 3 heteroatoms. The van der Waals surface area contributed by atoms with Crippen molar-refractivity contribution in [1.29, 1.82) is 0 Å². The zero-order valence-electron chi connectivity index (χ0n) is 7.11. The Bertz CT molecular complexity index is 440. The smallest absolute Gasteiger partial charge is 0.145 e. The van der Waals surface area contributed by atoms with Gasteiger partial charge in [0.15, 0.2) is 0 Å². The van der Waals surface area contributed by atoms with Gasteiger partial charge in [-0.15, -0.1) is 0 Å². The van der Waals surface area contributed by atoms with Crippen molar-refractivity contribution >= 4 is 10.9 Å². The first-order valence-corrected chi connectivity index (χ1v) is 3.85. The maximum absolute atomic E-state index is 9.13. The van der Waals surface area contributed by atoms with Gasteiger partial charge in [0.25, 0.3) is 0 Å². The van der Waals surface area contributed by atoms with Gasteiger partial charge in [0.1, 0.15) is 23.2 Å². The summed E-state index contributed by atoms with van der Waals surface area (Å²) in [5.74, 6) is 0.731. The Hall–Kier alpha value is -1.77. The van der Waals surface area contributed by atoms with Gasteiger partial charge < -0.3 is 9.84 Å². The highest BCUT2D eigenvalue weighted by atomic mass is 16.5. The minimum atomic E-state index is 0.0424. The Morgan fingerprint density at radius 2 is 2.31 bits per heavy atom. The van der Waals surface area contributed by atoms with E-state index in [9.17, 15) is 0 Å². The Balaban J connectivity index is 2.77. The number of fused-ring (bicyclic) bond motifs is 1. The van der Waals surface area contributed by atoms with E-state index >= 15 is 0 Å². The van der Waals surface area contributed by atoms with Gasteiger partial charge in [0.05, 0.1) is 7.11 Å². The monoisotopic (exact) mass is 174 g/mol. The molecule has 1 heterocycles. The second-order valence-corrected chi connectivity index (χ2v) is 2.65. The third kappa shape index (κ3) is 1.28. The second-order valence-electron chi connectivity index (χ2n) is 2.65. The van der Waals surface area contributed by atoms with Crippen LogP contribution < -0.4 is 4.74 Å². The van der Waals surface area contributed by atoms with Crippen LogP contribution in [0, 0.1) is 6.20 Å². The lowest BCUT2D eigenvalue weighted by Crippen LogP contribution is -1.86. The van der Waals surface area contributed by atoms with Gasteiger partial charge in [-0.25, -0.2) is 4.98 Å². The van der Waals surface area contributed by atoms with Gasteiger partial charge in [-0.05, 0) is 12.1 Å². The topological polar surface area (TPSA) is 42.4 Å². The van der Waals surface area contributed by atoms with Gasteiger partial charge >= 0.3 is 0 Å². The molecule has 0 fully saturated rings. The lowest BCUT2D eigenvalue weighted by Gasteiger charge is -2.03. The summed E-state index contributed by atoms with van der Waals surface area (Å²) in [5, 5.41) is 9.98. The third-order valence-electron chi connectivity index (χ3n) is 1.82. The molecule has 2 rings (SSSR count). The molecular weight excluding hydrogens is 166 g/mol. The van der Waals surface area contributed by atoms with Crippen LogP contribution in [0.2, 0.25) is 0 Å². The summed E-state index contributed by atoms with van der Waals surface area (Å²) in [6.07, 6.45) is 2.47. The van der Waals surface area contributed by atoms with Crippen LogP contribution in [0.5, 0.6) is 11.5 Å². The van der Waals surface area contributed by atoms with E-state index in [4.69, 9.17) is 9.84 Å². The number of aromatic hydroxyl groups is 1. The summed E-state index contributed by atoms with van der Waals surface area (Å²) in [6.45, 7) is 0. The number of para-hydroxylation sites is 1. The molecule has 65 valence electrons. The van der Waals surface area contributed by atoms with Crippen LogP contribution in [0.1, 0.15) is 0 Å². The molecule has 0 saturated carbocycles. The molecule has 0 atom stereocenters. The molecular formula is C10H8NO2. The van der Waals surface area contributed by atoms with Gasteiger partial charge in [-0.2, -0.15) is 0 Å². The number of benzene rings is 1. The number of ether oxygens (including phenoxy) is 1. The van der Waals surface area contributed by atoms with Gasteiger partial charge in [-0.1, -0.05) is 12.1 Å². The highest BCUT2D eigenvalue weighted by molar-refractivity contribution is 5.85. The first kappa shape index (κ1) is 7.86. The number of nitrogens with zero attached hydrogens (tertiary/aromatic N) is 1. The maximum atomic E-state index is 9.13. The lowest BCUT2D eigenvalue weighted by atomic mass is 10.2. The quantitative estimate of drug-likeness (QED) is 0.716. The molecule has 0 aliphatic rings. The van der Waals surface area contributed by atoms with E-state index in [1.165, 1.54) is 0 Å². The minimum Gasteiger partial charge on any atom is -0.506 e. The summed E-state index contributed by atoms with van der Waals surface area (Å²) < 4.78 is 5.10. The van der Waals surface area contributed by atoms with E-state index in [1.54, 1.807) is 13.2 Å². The predicted octanol–water partition coefficient (Wildman–Crippen LogP) is 1.75. The van der Waals surface area contributed by atoms with E-state index in [-0.39, 0.29) is 5.75 Å². The fourth-order valence-electron chi connectivity index (χ4n) is 1.23. The number of hydrogen-bond donors (Lipinski definition) is 1. The van der Waals surface area contributed by atoms with E-state index in [1.807, 2.05) is 18.2 Å². The number of methoxy groups -OCH3 is 1. The highest BCUT2D eigenvalue weighted by Gasteiger charge is 2.02. The molecule has 0 aliphatic carbocycles. The van der Waals surface area contributed by atoms with Gasteiger partial charge in [0, 0.05) is 5.39 Å². The number of rotatable bonds is 1. The summed E-state index contributed by atoms with van der Waals surface area (Å²) in [5.41, 5.74) is 0.711. The molecule has 3 nitrogen and oxygen atoms in total. The molecule has 1 aromatic carbocycles. The normalized spacial score (nSPS) is 10.2. The zero-order valence-corrected chi connectivity index (χ0v) is 7.11. The Kier molecular flexibility index (Phi) is 1.77. The zero-order chi connectivity index (χ0) is 9.26. The summed E-state index contributed by atoms with van der Waals surface area (Å²) in [7, 11) is 1.59. The fraction of sp³-hybridized carbons (Fsp3) is 0.100. The van der Waals surface area contributed by atoms with Crippen molar-refractivity contribution < 1.29 is 9.84 Å². The van der Waals surface area contributed by atoms with E-state index in [0.29, 0.717) is 11.3 Å². The van der Waals surface area contributed by atoms with Crippen LogP contribution in [-0.4, -0.2) is 17.2 Å². The summed E-state index contributed by atoms with van der Waals surface area (Å²) in [4.78, 5) is 3.95. The van der Waals surface area contributed by atoms with Crippen molar-refractivity contribution in [2.24, 2.45) is 0 Å². The Labute approximate surface area is 75.6 Å². The molecule has 1 aromatic heterocycles. The molecule has 0 aliphatic heterocycles. The standard InChI is InChI=1S/C10H8NO2/c1-13-9-4-2-3-7-5-8(12)6-11-10(7)9/h2-5,12H,1H3.